The van der Waals surface area contributed by atoms with Crippen molar-refractivity contribution in [2.24, 2.45) is 23.2 Å². The largest absolute Gasteiger partial charge is 0.444 e. The summed E-state index contributed by atoms with van der Waals surface area (Å²) >= 11 is 0. The van der Waals surface area contributed by atoms with Gasteiger partial charge in [0.15, 0.2) is 6.10 Å². The fourth-order valence-corrected chi connectivity index (χ4v) is 5.40. The lowest BCUT2D eigenvalue weighted by atomic mass is 9.79. The van der Waals surface area contributed by atoms with Crippen molar-refractivity contribution >= 4 is 33.2 Å². The van der Waals surface area contributed by atoms with E-state index in [-0.39, 0.29) is 23.7 Å². The van der Waals surface area contributed by atoms with Crippen molar-refractivity contribution in [1.29, 1.82) is 0 Å². The lowest BCUT2D eigenvalue weighted by molar-refractivity contribution is -0.144. The Morgan fingerprint density at radius 2 is 1.63 bits per heavy atom. The smallest absolute Gasteiger partial charge is 0.408 e. The van der Waals surface area contributed by atoms with E-state index in [0.29, 0.717) is 25.3 Å². The predicted octanol–water partition coefficient (Wildman–Crippen LogP) is 2.74. The third kappa shape index (κ3) is 8.54. The van der Waals surface area contributed by atoms with Crippen LogP contribution in [0.2, 0.25) is 0 Å². The Morgan fingerprint density at radius 1 is 1.03 bits per heavy atom. The SMILES string of the molecule is CC(C)[C@H]1CCN(C(=O)[C@@H](NC(=O)OC(C)(C)C)C(C)(C)C)[C@@H]1C(=O)NC(CC1CCC1)C(O)C(=O)NP. The Kier molecular flexibility index (Phi) is 11.0. The fraction of sp³-hybridized carbons (Fsp3) is 0.852. The van der Waals surface area contributed by atoms with Crippen molar-refractivity contribution in [2.75, 3.05) is 6.54 Å². The average molecular weight is 557 g/mol. The first kappa shape index (κ1) is 32.3. The zero-order valence-electron chi connectivity index (χ0n) is 24.3. The Hall–Kier alpha value is -1.93. The number of likely N-dealkylation sites (tertiary alicyclic amines) is 1. The van der Waals surface area contributed by atoms with Crippen LogP contribution >= 0.6 is 9.39 Å². The molecule has 38 heavy (non-hydrogen) atoms. The Balaban J connectivity index is 2.32. The van der Waals surface area contributed by atoms with E-state index in [1.54, 1.807) is 25.7 Å². The minimum atomic E-state index is -1.41. The van der Waals surface area contributed by atoms with Gasteiger partial charge in [-0.1, -0.05) is 53.9 Å². The van der Waals surface area contributed by atoms with Crippen LogP contribution in [0.15, 0.2) is 0 Å². The van der Waals surface area contributed by atoms with Crippen LogP contribution in [-0.4, -0.2) is 70.2 Å². The third-order valence-corrected chi connectivity index (χ3v) is 7.84. The molecule has 3 unspecified atom stereocenters. The van der Waals surface area contributed by atoms with Crippen LogP contribution in [0, 0.1) is 23.2 Å². The first-order valence-corrected chi connectivity index (χ1v) is 14.3. The van der Waals surface area contributed by atoms with E-state index in [1.165, 1.54) is 0 Å². The maximum atomic E-state index is 13.9. The quantitative estimate of drug-likeness (QED) is 0.323. The molecule has 2 aliphatic rings. The number of aliphatic hydroxyl groups excluding tert-OH is 1. The molecule has 0 aromatic heterocycles. The van der Waals surface area contributed by atoms with Gasteiger partial charge in [-0.2, -0.15) is 0 Å². The normalized spacial score (nSPS) is 22.8. The van der Waals surface area contributed by atoms with Gasteiger partial charge in [-0.25, -0.2) is 4.79 Å². The van der Waals surface area contributed by atoms with E-state index >= 15 is 0 Å². The molecule has 1 saturated heterocycles. The van der Waals surface area contributed by atoms with E-state index in [4.69, 9.17) is 4.74 Å². The second-order valence-corrected chi connectivity index (χ2v) is 13.5. The highest BCUT2D eigenvalue weighted by atomic mass is 31.0. The Bertz CT molecular complexity index is 865. The number of alkyl carbamates (subject to hydrolysis) is 1. The van der Waals surface area contributed by atoms with Crippen molar-refractivity contribution in [3.63, 3.8) is 0 Å². The number of ether oxygens (including phenoxy) is 1. The zero-order chi connectivity index (χ0) is 29.0. The molecule has 1 aliphatic carbocycles. The molecule has 0 aromatic rings. The number of amides is 4. The van der Waals surface area contributed by atoms with Crippen molar-refractivity contribution in [2.45, 2.75) is 117 Å². The van der Waals surface area contributed by atoms with E-state index in [2.05, 4.69) is 25.1 Å². The molecular formula is C27H49N4O6P. The van der Waals surface area contributed by atoms with Gasteiger partial charge in [0.2, 0.25) is 11.8 Å². The van der Waals surface area contributed by atoms with Crippen LogP contribution in [-0.2, 0) is 19.1 Å². The number of nitrogens with zero attached hydrogens (tertiary/aromatic N) is 1. The van der Waals surface area contributed by atoms with Crippen LogP contribution in [0.25, 0.3) is 0 Å². The molecule has 2 fully saturated rings. The van der Waals surface area contributed by atoms with Gasteiger partial charge in [0.1, 0.15) is 17.7 Å². The van der Waals surface area contributed by atoms with Gasteiger partial charge in [-0.3, -0.25) is 14.4 Å². The number of nitrogens with one attached hydrogen (secondary N) is 3. The van der Waals surface area contributed by atoms with E-state index in [0.717, 1.165) is 19.3 Å². The monoisotopic (exact) mass is 556 g/mol. The summed E-state index contributed by atoms with van der Waals surface area (Å²) in [6.45, 7) is 15.2. The highest BCUT2D eigenvalue weighted by molar-refractivity contribution is 7.15. The van der Waals surface area contributed by atoms with Crippen LogP contribution < -0.4 is 15.7 Å². The number of carbonyl (C=O) groups excluding carboxylic acids is 4. The summed E-state index contributed by atoms with van der Waals surface area (Å²) in [6.07, 6.45) is 2.10. The zero-order valence-corrected chi connectivity index (χ0v) is 25.5. The van der Waals surface area contributed by atoms with Crippen molar-refractivity contribution in [1.82, 2.24) is 20.6 Å². The number of hydrogen-bond donors (Lipinski definition) is 4. The maximum Gasteiger partial charge on any atom is 0.408 e. The molecular weight excluding hydrogens is 507 g/mol. The van der Waals surface area contributed by atoms with Gasteiger partial charge in [-0.15, -0.1) is 0 Å². The Morgan fingerprint density at radius 3 is 2.08 bits per heavy atom. The van der Waals surface area contributed by atoms with Gasteiger partial charge in [-0.05, 0) is 66.2 Å². The molecule has 0 spiro atoms. The van der Waals surface area contributed by atoms with Crippen molar-refractivity contribution in [3.05, 3.63) is 0 Å². The maximum absolute atomic E-state index is 13.9. The van der Waals surface area contributed by atoms with Gasteiger partial charge < -0.3 is 30.5 Å². The minimum absolute atomic E-state index is 0.112. The molecule has 4 N–H and O–H groups in total. The molecule has 1 saturated carbocycles. The summed E-state index contributed by atoms with van der Waals surface area (Å²) in [6, 6.07) is -2.47. The van der Waals surface area contributed by atoms with Gasteiger partial charge >= 0.3 is 6.09 Å². The fourth-order valence-electron chi connectivity index (χ4n) is 5.23. The molecule has 0 radical (unpaired) electrons. The van der Waals surface area contributed by atoms with Crippen LogP contribution in [0.3, 0.4) is 0 Å². The van der Waals surface area contributed by atoms with Gasteiger partial charge in [0, 0.05) is 6.54 Å². The van der Waals surface area contributed by atoms with E-state index < -0.39 is 47.2 Å². The van der Waals surface area contributed by atoms with E-state index in [9.17, 15) is 24.3 Å². The Labute approximate surface area is 230 Å². The lowest BCUT2D eigenvalue weighted by Crippen LogP contribution is -2.61. The molecule has 1 aliphatic heterocycles. The summed E-state index contributed by atoms with van der Waals surface area (Å²) in [5.41, 5.74) is -1.38. The molecule has 10 nitrogen and oxygen atoms in total. The summed E-state index contributed by atoms with van der Waals surface area (Å²) < 4.78 is 5.41. The highest BCUT2D eigenvalue weighted by Gasteiger charge is 2.48. The second kappa shape index (κ2) is 12.9. The number of aliphatic hydroxyl groups is 1. The molecule has 0 bridgehead atoms. The summed E-state index contributed by atoms with van der Waals surface area (Å²) in [5, 5.41) is 18.7. The molecule has 11 heteroatoms. The summed E-state index contributed by atoms with van der Waals surface area (Å²) in [7, 11) is 2.08. The number of carbonyl (C=O) groups is 4. The molecule has 0 aromatic carbocycles. The molecule has 6 atom stereocenters. The number of hydrogen-bond acceptors (Lipinski definition) is 6. The standard InChI is InChI=1S/C27H49N4O6P/c1-15(2)17-12-13-31(24(35)21(26(3,4)5)29-25(36)37-27(6,7)8)19(17)22(33)28-18(14-16-10-9-11-16)20(32)23(34)30-38/h15-21,32H,9-14,38H2,1-8H3,(H,28,33)(H,29,36)(H,30,34)/t17-,18?,19+,20?,21-/m1/s1. The lowest BCUT2D eigenvalue weighted by Gasteiger charge is -2.38. The van der Waals surface area contributed by atoms with E-state index in [1.807, 2.05) is 34.6 Å². The van der Waals surface area contributed by atoms with Crippen molar-refractivity contribution < 1.29 is 29.0 Å². The molecule has 4 amide bonds. The van der Waals surface area contributed by atoms with Gasteiger partial charge in [0.05, 0.1) is 6.04 Å². The van der Waals surface area contributed by atoms with Crippen LogP contribution in [0.1, 0.15) is 87.5 Å². The second-order valence-electron chi connectivity index (χ2n) is 13.2. The van der Waals surface area contributed by atoms with Crippen LogP contribution in [0.5, 0.6) is 0 Å². The first-order valence-electron chi connectivity index (χ1n) is 13.7. The topological polar surface area (TPSA) is 137 Å². The first-order chi connectivity index (χ1) is 17.5. The summed E-state index contributed by atoms with van der Waals surface area (Å²) in [5.74, 6) is -1.00. The molecule has 218 valence electrons. The van der Waals surface area contributed by atoms with Crippen LogP contribution in [0.4, 0.5) is 4.79 Å². The highest BCUT2D eigenvalue weighted by Crippen LogP contribution is 2.35. The summed E-state index contributed by atoms with van der Waals surface area (Å²) in [4.78, 5) is 54.2. The average Bonchev–Trinajstić information content (AvgIpc) is 3.21. The number of rotatable bonds is 9. The van der Waals surface area contributed by atoms with Crippen molar-refractivity contribution in [3.8, 4) is 0 Å². The minimum Gasteiger partial charge on any atom is -0.444 e. The third-order valence-electron chi connectivity index (χ3n) is 7.56. The van der Waals surface area contributed by atoms with Gasteiger partial charge in [0.25, 0.3) is 5.91 Å². The predicted molar refractivity (Wildman–Crippen MR) is 149 cm³/mol. The molecule has 2 rings (SSSR count). The molecule has 1 heterocycles.